The molecular formula is C32H32N6O4. The number of hydrogen-bond acceptors (Lipinski definition) is 6. The first-order valence-corrected chi connectivity index (χ1v) is 13.4. The first-order valence-electron chi connectivity index (χ1n) is 13.4. The minimum Gasteiger partial charge on any atom is -0.341 e. The van der Waals surface area contributed by atoms with Crippen molar-refractivity contribution in [3.8, 4) is 0 Å². The molecule has 0 aliphatic rings. The van der Waals surface area contributed by atoms with Crippen molar-refractivity contribution >= 4 is 23.0 Å². The Kier molecular flexibility index (Phi) is 7.54. The summed E-state index contributed by atoms with van der Waals surface area (Å²) in [6, 6.07) is 22.4. The average Bonchev–Trinajstić information content (AvgIpc) is 2.96. The van der Waals surface area contributed by atoms with Gasteiger partial charge in [0.1, 0.15) is 11.6 Å². The first-order chi connectivity index (χ1) is 20.0. The second-order valence-electron chi connectivity index (χ2n) is 10.5. The van der Waals surface area contributed by atoms with Gasteiger partial charge in [0.25, 0.3) is 11.1 Å². The minimum atomic E-state index is -0.989. The number of hydrogen-bond donors (Lipinski definition) is 4. The minimum absolute atomic E-state index is 0.138. The molecule has 0 fully saturated rings. The van der Waals surface area contributed by atoms with Crippen LogP contribution in [0.2, 0.25) is 0 Å². The number of H-pyrrole nitrogens is 2. The molecule has 0 aliphatic heterocycles. The van der Waals surface area contributed by atoms with E-state index in [2.05, 4.69) is 20.6 Å². The van der Waals surface area contributed by atoms with E-state index in [1.54, 1.807) is 0 Å². The van der Waals surface area contributed by atoms with Gasteiger partial charge in [0.15, 0.2) is 0 Å². The molecule has 214 valence electrons. The van der Waals surface area contributed by atoms with Gasteiger partial charge < -0.3 is 10.6 Å². The molecule has 0 amide bonds. The molecule has 0 saturated heterocycles. The van der Waals surface area contributed by atoms with Crippen LogP contribution in [-0.4, -0.2) is 19.1 Å². The van der Waals surface area contributed by atoms with Crippen LogP contribution in [0, 0.1) is 20.8 Å². The summed E-state index contributed by atoms with van der Waals surface area (Å²) in [4.78, 5) is 59.3. The number of nitrogens with zero attached hydrogens (tertiary/aromatic N) is 2. The third kappa shape index (κ3) is 5.46. The van der Waals surface area contributed by atoms with Crippen molar-refractivity contribution in [2.24, 2.45) is 14.1 Å². The van der Waals surface area contributed by atoms with Crippen LogP contribution in [0.4, 0.5) is 23.0 Å². The van der Waals surface area contributed by atoms with E-state index in [1.807, 2.05) is 93.6 Å². The van der Waals surface area contributed by atoms with Gasteiger partial charge >= 0.3 is 11.4 Å². The van der Waals surface area contributed by atoms with E-state index < -0.39 is 28.4 Å². The fraction of sp³-hybridized carbons (Fsp3) is 0.188. The van der Waals surface area contributed by atoms with Gasteiger partial charge in [-0.15, -0.1) is 0 Å². The normalized spacial score (nSPS) is 11.1. The van der Waals surface area contributed by atoms with Crippen LogP contribution in [0.1, 0.15) is 39.3 Å². The maximum Gasteiger partial charge on any atom is 0.329 e. The quantitative estimate of drug-likeness (QED) is 0.236. The summed E-state index contributed by atoms with van der Waals surface area (Å²) in [5.74, 6) is -0.696. The first kappa shape index (κ1) is 28.2. The predicted octanol–water partition coefficient (Wildman–Crippen LogP) is 4.05. The van der Waals surface area contributed by atoms with E-state index in [9.17, 15) is 19.2 Å². The Labute approximate surface area is 241 Å². The topological polar surface area (TPSA) is 134 Å². The number of aromatic nitrogens is 4. The monoisotopic (exact) mass is 564 g/mol. The summed E-state index contributed by atoms with van der Waals surface area (Å²) in [6.45, 7) is 5.82. The maximum absolute atomic E-state index is 14.0. The largest absolute Gasteiger partial charge is 0.341 e. The molecule has 0 unspecified atom stereocenters. The number of aromatic amines is 2. The fourth-order valence-corrected chi connectivity index (χ4v) is 4.90. The molecule has 0 atom stereocenters. The molecule has 0 aliphatic carbocycles. The lowest BCUT2D eigenvalue weighted by Gasteiger charge is -2.24. The molecule has 42 heavy (non-hydrogen) atoms. The van der Waals surface area contributed by atoms with Crippen LogP contribution in [0.3, 0.4) is 0 Å². The Morgan fingerprint density at radius 1 is 0.595 bits per heavy atom. The molecule has 2 aromatic heterocycles. The number of nitrogens with one attached hydrogen (secondary N) is 4. The number of anilines is 4. The van der Waals surface area contributed by atoms with E-state index in [4.69, 9.17) is 0 Å². The molecule has 2 heterocycles. The SMILES string of the molecule is Cc1ccc(Nc2[nH]c(=O)n(C)c(=O)c2C(c2cccc(C)c2)c2c(Nc3ccc(C)cc3)[nH]c(=O)n(C)c2=O)cc1. The highest BCUT2D eigenvalue weighted by Gasteiger charge is 2.31. The van der Waals surface area contributed by atoms with Crippen LogP contribution in [0.15, 0.2) is 92.0 Å². The lowest BCUT2D eigenvalue weighted by molar-refractivity contribution is 0.723. The highest BCUT2D eigenvalue weighted by Crippen LogP contribution is 2.36. The average molecular weight is 565 g/mol. The van der Waals surface area contributed by atoms with E-state index in [1.165, 1.54) is 14.1 Å². The van der Waals surface area contributed by atoms with Crippen LogP contribution < -0.4 is 33.1 Å². The van der Waals surface area contributed by atoms with Crippen molar-refractivity contribution in [3.63, 3.8) is 0 Å². The fourth-order valence-electron chi connectivity index (χ4n) is 4.90. The number of rotatable bonds is 7. The van der Waals surface area contributed by atoms with Gasteiger partial charge in [0, 0.05) is 25.5 Å². The van der Waals surface area contributed by atoms with E-state index in [0.717, 1.165) is 25.8 Å². The van der Waals surface area contributed by atoms with Gasteiger partial charge in [-0.2, -0.15) is 0 Å². The van der Waals surface area contributed by atoms with Crippen molar-refractivity contribution in [2.75, 3.05) is 10.6 Å². The molecule has 3 aromatic carbocycles. The Morgan fingerprint density at radius 2 is 1.02 bits per heavy atom. The predicted molar refractivity (Wildman–Crippen MR) is 166 cm³/mol. The molecule has 0 radical (unpaired) electrons. The van der Waals surface area contributed by atoms with Crippen LogP contribution in [0.5, 0.6) is 0 Å². The van der Waals surface area contributed by atoms with Crippen molar-refractivity contribution in [2.45, 2.75) is 26.7 Å². The molecule has 0 saturated carbocycles. The van der Waals surface area contributed by atoms with Crippen molar-refractivity contribution in [3.05, 3.63) is 148 Å². The Bertz CT molecular complexity index is 1890. The molecule has 10 heteroatoms. The van der Waals surface area contributed by atoms with Crippen molar-refractivity contribution in [1.29, 1.82) is 0 Å². The van der Waals surface area contributed by atoms with E-state index in [-0.39, 0.29) is 22.8 Å². The van der Waals surface area contributed by atoms with Gasteiger partial charge in [-0.05, 0) is 50.6 Å². The number of aryl methyl sites for hydroxylation is 3. The standard InChI is InChI=1S/C32H32N6O4/c1-18-9-13-22(14-10-18)33-27-25(29(39)37(4)31(41)35-27)24(21-8-6-7-20(3)17-21)26-28(36-32(42)38(5)30(26)40)34-23-15-11-19(2)12-16-23/h6-17,24,33-34H,1-5H3,(H,35,41)(H,36,42). The Morgan fingerprint density at radius 3 is 1.43 bits per heavy atom. The lowest BCUT2D eigenvalue weighted by atomic mass is 9.85. The van der Waals surface area contributed by atoms with Gasteiger partial charge in [0.05, 0.1) is 17.0 Å². The maximum atomic E-state index is 14.0. The molecular weight excluding hydrogens is 532 g/mol. The summed E-state index contributed by atoms with van der Waals surface area (Å²) >= 11 is 0. The summed E-state index contributed by atoms with van der Waals surface area (Å²) in [5.41, 5.74) is 2.76. The highest BCUT2D eigenvalue weighted by molar-refractivity contribution is 5.67. The van der Waals surface area contributed by atoms with Gasteiger partial charge in [-0.1, -0.05) is 65.2 Å². The summed E-state index contributed by atoms with van der Waals surface area (Å²) < 4.78 is 1.95. The van der Waals surface area contributed by atoms with Gasteiger partial charge in [-0.25, -0.2) is 9.59 Å². The smallest absolute Gasteiger partial charge is 0.329 e. The van der Waals surface area contributed by atoms with Crippen LogP contribution >= 0.6 is 0 Å². The zero-order valence-electron chi connectivity index (χ0n) is 24.0. The summed E-state index contributed by atoms with van der Waals surface area (Å²) in [7, 11) is 2.76. The molecule has 10 nitrogen and oxygen atoms in total. The third-order valence-corrected chi connectivity index (χ3v) is 7.28. The van der Waals surface area contributed by atoms with Crippen molar-refractivity contribution < 1.29 is 0 Å². The second kappa shape index (κ2) is 11.2. The molecule has 0 bridgehead atoms. The van der Waals surface area contributed by atoms with E-state index >= 15 is 0 Å². The molecule has 5 aromatic rings. The zero-order valence-corrected chi connectivity index (χ0v) is 24.0. The Hall–Kier alpha value is -5.38. The molecule has 4 N–H and O–H groups in total. The molecule has 5 rings (SSSR count). The van der Waals surface area contributed by atoms with Crippen molar-refractivity contribution in [1.82, 2.24) is 19.1 Å². The molecule has 0 spiro atoms. The summed E-state index contributed by atoms with van der Waals surface area (Å²) in [5, 5.41) is 6.39. The van der Waals surface area contributed by atoms with Crippen LogP contribution in [0.25, 0.3) is 0 Å². The van der Waals surface area contributed by atoms with Gasteiger partial charge in [-0.3, -0.25) is 28.7 Å². The third-order valence-electron chi connectivity index (χ3n) is 7.28. The summed E-state index contributed by atoms with van der Waals surface area (Å²) in [6.07, 6.45) is 0. The van der Waals surface area contributed by atoms with E-state index in [0.29, 0.717) is 16.9 Å². The highest BCUT2D eigenvalue weighted by atomic mass is 16.2. The lowest BCUT2D eigenvalue weighted by Crippen LogP contribution is -2.40. The second-order valence-corrected chi connectivity index (χ2v) is 10.5. The zero-order chi connectivity index (χ0) is 30.1. The Balaban J connectivity index is 1.85. The van der Waals surface area contributed by atoms with Gasteiger partial charge in [0.2, 0.25) is 0 Å². The van der Waals surface area contributed by atoms with Crippen LogP contribution in [-0.2, 0) is 14.1 Å². The number of benzene rings is 3.